The van der Waals surface area contributed by atoms with E-state index in [4.69, 9.17) is 28.3 Å². The summed E-state index contributed by atoms with van der Waals surface area (Å²) in [6, 6.07) is 3.55. The first kappa shape index (κ1) is 16.6. The van der Waals surface area contributed by atoms with E-state index in [9.17, 15) is 4.79 Å². The molecule has 1 heterocycles. The fourth-order valence-electron chi connectivity index (χ4n) is 2.48. The number of carbonyl (C=O) groups is 1. The van der Waals surface area contributed by atoms with Crippen molar-refractivity contribution in [3.63, 3.8) is 0 Å². The van der Waals surface area contributed by atoms with Crippen molar-refractivity contribution in [2.45, 2.75) is 19.8 Å². The number of aryl methyl sites for hydroxylation is 1. The predicted octanol–water partition coefficient (Wildman–Crippen LogP) is 2.94. The van der Waals surface area contributed by atoms with Crippen molar-refractivity contribution >= 4 is 34.8 Å². The Morgan fingerprint density at radius 1 is 1.38 bits per heavy atom. The van der Waals surface area contributed by atoms with Crippen molar-refractivity contribution < 1.29 is 9.90 Å². The highest BCUT2D eigenvalue weighted by Crippen LogP contribution is 2.32. The first-order valence-corrected chi connectivity index (χ1v) is 7.84. The zero-order chi connectivity index (χ0) is 15.4. The fraction of sp³-hybridized carbons (Fsp3) is 0.533. The molecule has 0 radical (unpaired) electrons. The molecule has 1 fully saturated rings. The summed E-state index contributed by atoms with van der Waals surface area (Å²) in [5, 5.41) is 12.8. The molecule has 1 aromatic rings. The number of hydrogen-bond acceptors (Lipinski definition) is 3. The fourth-order valence-corrected chi connectivity index (χ4v) is 2.95. The molecule has 2 N–H and O–H groups in total. The van der Waals surface area contributed by atoms with Gasteiger partial charge in [-0.1, -0.05) is 29.3 Å². The lowest BCUT2D eigenvalue weighted by atomic mass is 9.98. The summed E-state index contributed by atoms with van der Waals surface area (Å²) in [7, 11) is 0. The Morgan fingerprint density at radius 3 is 2.67 bits per heavy atom. The molecule has 2 rings (SSSR count). The van der Waals surface area contributed by atoms with Crippen molar-refractivity contribution in [1.82, 2.24) is 4.90 Å². The third kappa shape index (κ3) is 4.33. The normalized spacial score (nSPS) is 17.0. The van der Waals surface area contributed by atoms with Crippen LogP contribution in [0, 0.1) is 12.8 Å². The standard InChI is InChI=1S/C15H20Cl2N2O2/c1-10-2-3-12(16)15(14(10)17)18-13(21)8-19-6-4-11(9-20)5-7-19/h2-3,11,20H,4-9H2,1H3,(H,18,21). The molecule has 1 aliphatic rings. The number of benzene rings is 1. The maximum absolute atomic E-state index is 12.1. The van der Waals surface area contributed by atoms with Gasteiger partial charge >= 0.3 is 0 Å². The lowest BCUT2D eigenvalue weighted by Gasteiger charge is -2.30. The largest absolute Gasteiger partial charge is 0.396 e. The van der Waals surface area contributed by atoms with Crippen LogP contribution in [0.25, 0.3) is 0 Å². The Morgan fingerprint density at radius 2 is 2.05 bits per heavy atom. The summed E-state index contributed by atoms with van der Waals surface area (Å²) in [5.74, 6) is 0.247. The molecule has 21 heavy (non-hydrogen) atoms. The number of hydrogen-bond donors (Lipinski definition) is 2. The number of likely N-dealkylation sites (tertiary alicyclic amines) is 1. The minimum atomic E-state index is -0.119. The molecule has 1 aromatic carbocycles. The molecular weight excluding hydrogens is 311 g/mol. The number of amides is 1. The average molecular weight is 331 g/mol. The monoisotopic (exact) mass is 330 g/mol. The Kier molecular flexibility index (Phi) is 5.88. The summed E-state index contributed by atoms with van der Waals surface area (Å²) in [5.41, 5.74) is 1.36. The second kappa shape index (κ2) is 7.45. The minimum absolute atomic E-state index is 0.119. The lowest BCUT2D eigenvalue weighted by molar-refractivity contribution is -0.117. The molecule has 6 heteroatoms. The van der Waals surface area contributed by atoms with Crippen LogP contribution in [-0.4, -0.2) is 42.2 Å². The van der Waals surface area contributed by atoms with Crippen LogP contribution in [0.4, 0.5) is 5.69 Å². The van der Waals surface area contributed by atoms with E-state index in [2.05, 4.69) is 10.2 Å². The van der Waals surface area contributed by atoms with Crippen LogP contribution >= 0.6 is 23.2 Å². The average Bonchev–Trinajstić information content (AvgIpc) is 2.48. The van der Waals surface area contributed by atoms with Gasteiger partial charge in [0.2, 0.25) is 5.91 Å². The molecule has 1 saturated heterocycles. The molecule has 1 amide bonds. The van der Waals surface area contributed by atoms with Crippen LogP contribution in [-0.2, 0) is 4.79 Å². The van der Waals surface area contributed by atoms with Gasteiger partial charge in [0, 0.05) is 6.61 Å². The van der Waals surface area contributed by atoms with E-state index in [1.165, 1.54) is 0 Å². The van der Waals surface area contributed by atoms with Gasteiger partial charge < -0.3 is 10.4 Å². The van der Waals surface area contributed by atoms with E-state index >= 15 is 0 Å². The number of nitrogens with zero attached hydrogens (tertiary/aromatic N) is 1. The summed E-state index contributed by atoms with van der Waals surface area (Å²) in [6.45, 7) is 4.07. The van der Waals surface area contributed by atoms with Crippen molar-refractivity contribution in [3.05, 3.63) is 27.7 Å². The van der Waals surface area contributed by atoms with Crippen molar-refractivity contribution in [1.29, 1.82) is 0 Å². The quantitative estimate of drug-likeness (QED) is 0.892. The number of anilines is 1. The van der Waals surface area contributed by atoms with E-state index in [1.807, 2.05) is 13.0 Å². The number of nitrogens with one attached hydrogen (secondary N) is 1. The first-order valence-electron chi connectivity index (χ1n) is 7.09. The van der Waals surface area contributed by atoms with Gasteiger partial charge in [-0.05, 0) is 50.4 Å². The minimum Gasteiger partial charge on any atom is -0.396 e. The maximum atomic E-state index is 12.1. The van der Waals surface area contributed by atoms with E-state index in [1.54, 1.807) is 6.07 Å². The van der Waals surface area contributed by atoms with Gasteiger partial charge in [0.1, 0.15) is 0 Å². The highest BCUT2D eigenvalue weighted by Gasteiger charge is 2.21. The summed E-state index contributed by atoms with van der Waals surface area (Å²) in [6.07, 6.45) is 1.85. The molecule has 0 unspecified atom stereocenters. The smallest absolute Gasteiger partial charge is 0.238 e. The molecule has 0 spiro atoms. The summed E-state index contributed by atoms with van der Waals surface area (Å²) >= 11 is 12.3. The molecule has 116 valence electrons. The third-order valence-electron chi connectivity index (χ3n) is 3.88. The number of aliphatic hydroxyl groups excluding tert-OH is 1. The highest BCUT2D eigenvalue weighted by molar-refractivity contribution is 6.40. The van der Waals surface area contributed by atoms with E-state index in [-0.39, 0.29) is 12.5 Å². The molecule has 0 atom stereocenters. The second-order valence-corrected chi connectivity index (χ2v) is 6.29. The van der Waals surface area contributed by atoms with Gasteiger partial charge in [0.25, 0.3) is 0 Å². The Labute approximate surface area is 135 Å². The Bertz CT molecular complexity index is 515. The van der Waals surface area contributed by atoms with Crippen LogP contribution in [0.1, 0.15) is 18.4 Å². The molecule has 0 saturated carbocycles. The summed E-state index contributed by atoms with van der Waals surface area (Å²) < 4.78 is 0. The van der Waals surface area contributed by atoms with E-state index in [0.717, 1.165) is 31.5 Å². The zero-order valence-electron chi connectivity index (χ0n) is 12.0. The first-order chi connectivity index (χ1) is 10.0. The number of carbonyl (C=O) groups excluding carboxylic acids is 1. The van der Waals surface area contributed by atoms with Crippen LogP contribution in [0.5, 0.6) is 0 Å². The van der Waals surface area contributed by atoms with E-state index in [0.29, 0.717) is 28.2 Å². The number of rotatable bonds is 4. The Hall–Kier alpha value is -0.810. The van der Waals surface area contributed by atoms with E-state index < -0.39 is 0 Å². The van der Waals surface area contributed by atoms with Gasteiger partial charge in [-0.2, -0.15) is 0 Å². The molecule has 4 nitrogen and oxygen atoms in total. The van der Waals surface area contributed by atoms with Crippen molar-refractivity contribution in [2.75, 3.05) is 31.6 Å². The van der Waals surface area contributed by atoms with Crippen molar-refractivity contribution in [3.8, 4) is 0 Å². The summed E-state index contributed by atoms with van der Waals surface area (Å²) in [4.78, 5) is 14.2. The van der Waals surface area contributed by atoms with Gasteiger partial charge in [-0.3, -0.25) is 9.69 Å². The highest BCUT2D eigenvalue weighted by atomic mass is 35.5. The molecule has 0 aromatic heterocycles. The molecule has 0 aliphatic carbocycles. The topological polar surface area (TPSA) is 52.6 Å². The molecule has 0 bridgehead atoms. The lowest BCUT2D eigenvalue weighted by Crippen LogP contribution is -2.39. The van der Waals surface area contributed by atoms with Gasteiger partial charge in [-0.25, -0.2) is 0 Å². The maximum Gasteiger partial charge on any atom is 0.238 e. The zero-order valence-corrected chi connectivity index (χ0v) is 13.5. The SMILES string of the molecule is Cc1ccc(Cl)c(NC(=O)CN2CCC(CO)CC2)c1Cl. The second-order valence-electron chi connectivity index (χ2n) is 5.50. The third-order valence-corrected chi connectivity index (χ3v) is 4.68. The van der Waals surface area contributed by atoms with Gasteiger partial charge in [0.05, 0.1) is 22.3 Å². The number of halogens is 2. The van der Waals surface area contributed by atoms with Gasteiger partial charge in [-0.15, -0.1) is 0 Å². The molecular formula is C15H20Cl2N2O2. The van der Waals surface area contributed by atoms with Crippen LogP contribution in [0.3, 0.4) is 0 Å². The predicted molar refractivity (Wildman–Crippen MR) is 86.1 cm³/mol. The van der Waals surface area contributed by atoms with Crippen LogP contribution in [0.2, 0.25) is 10.0 Å². The van der Waals surface area contributed by atoms with Crippen LogP contribution in [0.15, 0.2) is 12.1 Å². The number of aliphatic hydroxyl groups is 1. The molecule has 1 aliphatic heterocycles. The van der Waals surface area contributed by atoms with Crippen LogP contribution < -0.4 is 5.32 Å². The number of piperidine rings is 1. The van der Waals surface area contributed by atoms with Crippen molar-refractivity contribution in [2.24, 2.45) is 5.92 Å². The Balaban J connectivity index is 1.92. The van der Waals surface area contributed by atoms with Gasteiger partial charge in [0.15, 0.2) is 0 Å².